The first-order valence-corrected chi connectivity index (χ1v) is 7.92. The monoisotopic (exact) mass is 324 g/mol. The number of hydrogen-bond acceptors (Lipinski definition) is 4. The molecule has 0 spiro atoms. The highest BCUT2D eigenvalue weighted by Gasteiger charge is 2.31. The molecule has 0 aromatic rings. The Morgan fingerprint density at radius 1 is 1.48 bits per heavy atom. The van der Waals surface area contributed by atoms with Gasteiger partial charge in [0.05, 0.1) is 24.3 Å². The zero-order valence-corrected chi connectivity index (χ0v) is 12.7. The standard InChI is InChI=1S/C13H19F3N2O2S/c1-2-20-12(19)18-6-3-10(4-7-18)11(9-17)21-8-5-13(14,15)16/h10-11H,2-8H2,1H3. The van der Waals surface area contributed by atoms with Crippen LogP contribution in [0.2, 0.25) is 0 Å². The van der Waals surface area contributed by atoms with Crippen LogP contribution in [0, 0.1) is 17.2 Å². The van der Waals surface area contributed by atoms with Crippen LogP contribution in [0.3, 0.4) is 0 Å². The van der Waals surface area contributed by atoms with Crippen molar-refractivity contribution in [3.63, 3.8) is 0 Å². The maximum atomic E-state index is 12.1. The van der Waals surface area contributed by atoms with Gasteiger partial charge in [-0.25, -0.2) is 4.79 Å². The number of alkyl halides is 3. The maximum Gasteiger partial charge on any atom is 0.409 e. The summed E-state index contributed by atoms with van der Waals surface area (Å²) >= 11 is 1.06. The highest BCUT2D eigenvalue weighted by Crippen LogP contribution is 2.31. The van der Waals surface area contributed by atoms with Crippen molar-refractivity contribution in [2.45, 2.75) is 37.6 Å². The van der Waals surface area contributed by atoms with Crippen molar-refractivity contribution < 1.29 is 22.7 Å². The van der Waals surface area contributed by atoms with Crippen molar-refractivity contribution in [3.05, 3.63) is 0 Å². The Morgan fingerprint density at radius 3 is 2.57 bits per heavy atom. The van der Waals surface area contributed by atoms with E-state index in [2.05, 4.69) is 6.07 Å². The normalized spacial score (nSPS) is 18.1. The Labute approximate surface area is 126 Å². The van der Waals surface area contributed by atoms with Gasteiger partial charge >= 0.3 is 12.3 Å². The van der Waals surface area contributed by atoms with E-state index in [1.54, 1.807) is 11.8 Å². The van der Waals surface area contributed by atoms with E-state index < -0.39 is 17.8 Å². The van der Waals surface area contributed by atoms with Gasteiger partial charge in [-0.2, -0.15) is 18.4 Å². The van der Waals surface area contributed by atoms with Gasteiger partial charge in [-0.3, -0.25) is 0 Å². The van der Waals surface area contributed by atoms with Crippen molar-refractivity contribution in [1.29, 1.82) is 5.26 Å². The van der Waals surface area contributed by atoms with Crippen LogP contribution in [0.5, 0.6) is 0 Å². The average molecular weight is 324 g/mol. The SMILES string of the molecule is CCOC(=O)N1CCC(C(C#N)SCCC(F)(F)F)CC1. The minimum Gasteiger partial charge on any atom is -0.450 e. The summed E-state index contributed by atoms with van der Waals surface area (Å²) in [4.78, 5) is 13.1. The van der Waals surface area contributed by atoms with Gasteiger partial charge in [0.15, 0.2) is 0 Å². The van der Waals surface area contributed by atoms with E-state index in [0.29, 0.717) is 32.5 Å². The van der Waals surface area contributed by atoms with Crippen molar-refractivity contribution in [2.24, 2.45) is 5.92 Å². The van der Waals surface area contributed by atoms with Crippen molar-refractivity contribution in [2.75, 3.05) is 25.4 Å². The van der Waals surface area contributed by atoms with Gasteiger partial charge in [0.1, 0.15) is 0 Å². The number of likely N-dealkylation sites (tertiary alicyclic amines) is 1. The first kappa shape index (κ1) is 18.0. The van der Waals surface area contributed by atoms with E-state index in [9.17, 15) is 18.0 Å². The van der Waals surface area contributed by atoms with Gasteiger partial charge in [-0.05, 0) is 25.7 Å². The summed E-state index contributed by atoms with van der Waals surface area (Å²) in [6.45, 7) is 3.02. The molecule has 1 atom stereocenters. The zero-order valence-electron chi connectivity index (χ0n) is 11.9. The molecule has 4 nitrogen and oxygen atoms in total. The van der Waals surface area contributed by atoms with Crippen LogP contribution in [0.25, 0.3) is 0 Å². The van der Waals surface area contributed by atoms with Gasteiger partial charge in [-0.15, -0.1) is 11.8 Å². The number of nitrogens with zero attached hydrogens (tertiary/aromatic N) is 2. The fourth-order valence-corrected chi connectivity index (χ4v) is 3.40. The molecule has 21 heavy (non-hydrogen) atoms. The molecule has 0 radical (unpaired) electrons. The second-order valence-electron chi connectivity index (χ2n) is 4.81. The van der Waals surface area contributed by atoms with Crippen LogP contribution < -0.4 is 0 Å². The number of hydrogen-bond donors (Lipinski definition) is 0. The average Bonchev–Trinajstić information content (AvgIpc) is 2.43. The fourth-order valence-electron chi connectivity index (χ4n) is 2.18. The summed E-state index contributed by atoms with van der Waals surface area (Å²) in [5.41, 5.74) is 0. The summed E-state index contributed by atoms with van der Waals surface area (Å²) < 4.78 is 41.2. The van der Waals surface area contributed by atoms with Gasteiger partial charge in [0, 0.05) is 18.8 Å². The topological polar surface area (TPSA) is 53.3 Å². The Kier molecular flexibility index (Phi) is 7.15. The van der Waals surface area contributed by atoms with Gasteiger partial charge in [0.2, 0.25) is 0 Å². The Hall–Kier alpha value is -1.10. The molecule has 0 aromatic carbocycles. The first-order chi connectivity index (χ1) is 9.87. The summed E-state index contributed by atoms with van der Waals surface area (Å²) in [6, 6.07) is 2.09. The quantitative estimate of drug-likeness (QED) is 0.777. The zero-order chi connectivity index (χ0) is 15.9. The molecule has 0 aliphatic carbocycles. The lowest BCUT2D eigenvalue weighted by Crippen LogP contribution is -2.40. The highest BCUT2D eigenvalue weighted by molar-refractivity contribution is 8.00. The highest BCUT2D eigenvalue weighted by atomic mass is 32.2. The number of ether oxygens (including phenoxy) is 1. The van der Waals surface area contributed by atoms with E-state index in [0.717, 1.165) is 11.8 Å². The number of amides is 1. The lowest BCUT2D eigenvalue weighted by molar-refractivity contribution is -0.129. The molecule has 1 aliphatic rings. The number of carbonyl (C=O) groups excluding carboxylic acids is 1. The molecule has 1 fully saturated rings. The fraction of sp³-hybridized carbons (Fsp3) is 0.846. The smallest absolute Gasteiger partial charge is 0.409 e. The molecule has 1 aliphatic heterocycles. The third-order valence-corrected chi connectivity index (χ3v) is 4.59. The third-order valence-electron chi connectivity index (χ3n) is 3.30. The predicted octanol–water partition coefficient (Wildman–Crippen LogP) is 3.43. The largest absolute Gasteiger partial charge is 0.450 e. The summed E-state index contributed by atoms with van der Waals surface area (Å²) in [5, 5.41) is 8.66. The minimum atomic E-state index is -4.18. The first-order valence-electron chi connectivity index (χ1n) is 6.87. The number of rotatable bonds is 5. The Bertz CT molecular complexity index is 377. The molecule has 1 amide bonds. The Balaban J connectivity index is 2.37. The molecule has 120 valence electrons. The molecular formula is C13H19F3N2O2S. The summed E-state index contributed by atoms with van der Waals surface area (Å²) in [6.07, 6.45) is -4.18. The van der Waals surface area contributed by atoms with Crippen LogP contribution in [-0.2, 0) is 4.74 Å². The number of carbonyl (C=O) groups is 1. The molecule has 1 rings (SSSR count). The van der Waals surface area contributed by atoms with Crippen LogP contribution in [0.15, 0.2) is 0 Å². The summed E-state index contributed by atoms with van der Waals surface area (Å²) in [5.74, 6) is -0.0706. The van der Waals surface area contributed by atoms with E-state index in [1.165, 1.54) is 0 Å². The molecule has 1 unspecified atom stereocenters. The molecule has 0 aromatic heterocycles. The predicted molar refractivity (Wildman–Crippen MR) is 73.9 cm³/mol. The lowest BCUT2D eigenvalue weighted by atomic mass is 9.94. The summed E-state index contributed by atoms with van der Waals surface area (Å²) in [7, 11) is 0. The van der Waals surface area contributed by atoms with Gasteiger partial charge in [-0.1, -0.05) is 0 Å². The van der Waals surface area contributed by atoms with Crippen LogP contribution in [-0.4, -0.2) is 47.9 Å². The Morgan fingerprint density at radius 2 is 2.10 bits per heavy atom. The maximum absolute atomic E-state index is 12.1. The molecule has 0 N–H and O–H groups in total. The minimum absolute atomic E-state index is 0.0268. The van der Waals surface area contributed by atoms with Crippen LogP contribution in [0.1, 0.15) is 26.2 Å². The number of halogens is 3. The van der Waals surface area contributed by atoms with E-state index in [1.807, 2.05) is 0 Å². The second kappa shape index (κ2) is 8.37. The van der Waals surface area contributed by atoms with Crippen LogP contribution in [0.4, 0.5) is 18.0 Å². The second-order valence-corrected chi connectivity index (χ2v) is 6.06. The third kappa shape index (κ3) is 6.46. The lowest BCUT2D eigenvalue weighted by Gasteiger charge is -2.33. The van der Waals surface area contributed by atoms with E-state index in [4.69, 9.17) is 10.00 Å². The molecule has 0 saturated carbocycles. The van der Waals surface area contributed by atoms with E-state index in [-0.39, 0.29) is 17.8 Å². The van der Waals surface area contributed by atoms with Crippen molar-refractivity contribution in [3.8, 4) is 6.07 Å². The number of thioether (sulfide) groups is 1. The molecule has 1 saturated heterocycles. The molecule has 0 bridgehead atoms. The molecule has 1 heterocycles. The van der Waals surface area contributed by atoms with Gasteiger partial charge in [0.25, 0.3) is 0 Å². The van der Waals surface area contributed by atoms with E-state index >= 15 is 0 Å². The van der Waals surface area contributed by atoms with Crippen LogP contribution >= 0.6 is 11.8 Å². The molecule has 8 heteroatoms. The number of nitriles is 1. The molecular weight excluding hydrogens is 305 g/mol. The van der Waals surface area contributed by atoms with Crippen molar-refractivity contribution >= 4 is 17.9 Å². The number of piperidine rings is 1. The van der Waals surface area contributed by atoms with Gasteiger partial charge < -0.3 is 9.64 Å². The van der Waals surface area contributed by atoms with Crippen molar-refractivity contribution in [1.82, 2.24) is 4.90 Å².